The van der Waals surface area contributed by atoms with Crippen LogP contribution in [0.2, 0.25) is 0 Å². The lowest BCUT2D eigenvalue weighted by Gasteiger charge is -2.10. The summed E-state index contributed by atoms with van der Waals surface area (Å²) in [6.07, 6.45) is 1.47. The van der Waals surface area contributed by atoms with E-state index in [2.05, 4.69) is 10.3 Å². The fourth-order valence-electron chi connectivity index (χ4n) is 4.10. The Morgan fingerprint density at radius 1 is 0.947 bits per heavy atom. The first-order valence-electron chi connectivity index (χ1n) is 11.4. The third-order valence-corrected chi connectivity index (χ3v) is 6.96. The normalized spacial score (nSPS) is 11.8. The van der Waals surface area contributed by atoms with Crippen LogP contribution in [0.15, 0.2) is 101 Å². The Hall–Kier alpha value is -4.96. The van der Waals surface area contributed by atoms with Crippen LogP contribution >= 0.6 is 11.3 Å². The maximum absolute atomic E-state index is 14.9. The average Bonchev–Trinajstić information content (AvgIpc) is 3.54. The van der Waals surface area contributed by atoms with Gasteiger partial charge in [0.1, 0.15) is 16.5 Å². The molecule has 0 aliphatic rings. The van der Waals surface area contributed by atoms with Gasteiger partial charge in [-0.2, -0.15) is 0 Å². The van der Waals surface area contributed by atoms with E-state index in [1.54, 1.807) is 6.07 Å². The monoisotopic (exact) mass is 525 g/mol. The first kappa shape index (κ1) is 23.4. The summed E-state index contributed by atoms with van der Waals surface area (Å²) in [6, 6.07) is 23.5. The van der Waals surface area contributed by atoms with Crippen LogP contribution in [0.25, 0.3) is 38.3 Å². The number of nitrogens with zero attached hydrogens (tertiary/aromatic N) is 4. The molecular weight excluding hydrogens is 508 g/mol. The van der Waals surface area contributed by atoms with Crippen LogP contribution in [0, 0.1) is 11.6 Å². The molecule has 0 amide bonds. The predicted molar refractivity (Wildman–Crippen MR) is 139 cm³/mol. The third-order valence-electron chi connectivity index (χ3n) is 5.87. The lowest BCUT2D eigenvalue weighted by atomic mass is 9.99. The quantitative estimate of drug-likeness (QED) is 0.189. The summed E-state index contributed by atoms with van der Waals surface area (Å²) in [7, 11) is 0. The Morgan fingerprint density at radius 2 is 1.68 bits per heavy atom. The van der Waals surface area contributed by atoms with Crippen LogP contribution in [0.4, 0.5) is 20.4 Å². The van der Waals surface area contributed by atoms with Crippen LogP contribution in [0.1, 0.15) is 4.88 Å². The van der Waals surface area contributed by atoms with Crippen LogP contribution in [0.3, 0.4) is 0 Å². The first-order valence-corrected chi connectivity index (χ1v) is 12.2. The van der Waals surface area contributed by atoms with E-state index in [4.69, 9.17) is 15.2 Å². The Kier molecular flexibility index (Phi) is 5.85. The van der Waals surface area contributed by atoms with Crippen LogP contribution in [0.5, 0.6) is 0 Å². The lowest BCUT2D eigenvalue weighted by molar-refractivity contribution is -0.670. The van der Waals surface area contributed by atoms with E-state index in [9.17, 15) is 13.9 Å². The molecule has 0 atom stereocenters. The number of anilines is 1. The summed E-state index contributed by atoms with van der Waals surface area (Å²) in [5.41, 5.74) is 9.13. The Morgan fingerprint density at radius 3 is 2.42 bits per heavy atom. The number of hydrogen-bond donors (Lipinski definition) is 1. The topological polar surface area (TPSA) is 104 Å². The molecule has 38 heavy (non-hydrogen) atoms. The molecule has 3 aromatic carbocycles. The van der Waals surface area contributed by atoms with Crippen molar-refractivity contribution >= 4 is 39.0 Å². The zero-order valence-corrected chi connectivity index (χ0v) is 20.3. The number of fused-ring (bicyclic) bond motifs is 1. The molecule has 0 radical (unpaired) electrons. The number of benzene rings is 3. The van der Waals surface area contributed by atoms with E-state index >= 15 is 0 Å². The Bertz CT molecular complexity index is 1820. The standard InChI is InChI=1S/C28H17F2N5O2S/c29-17-11-12-19(21(30)13-17)20-14-22(16-7-3-1-4-8-16)32-28-24(20)25(31)26(38-28)27(36)33-23-15-35(34-37-23)18-9-5-2-6-10-18/h1-15H,(H2-,31,33,34,36). The number of pyridine rings is 1. The molecule has 2 N–H and O–H groups in total. The van der Waals surface area contributed by atoms with Crippen molar-refractivity contribution in [2.45, 2.75) is 0 Å². The van der Waals surface area contributed by atoms with E-state index in [0.29, 0.717) is 21.5 Å². The largest absolute Gasteiger partial charge is 0.857 e. The number of rotatable bonds is 5. The number of thiophene rings is 1. The van der Waals surface area contributed by atoms with Crippen molar-refractivity contribution < 1.29 is 23.1 Å². The van der Waals surface area contributed by atoms with E-state index in [0.717, 1.165) is 28.7 Å². The number of aliphatic imine (C=N–C) groups is 1. The smallest absolute Gasteiger partial charge is 0.321 e. The van der Waals surface area contributed by atoms with Crippen molar-refractivity contribution in [1.29, 1.82) is 0 Å². The Labute approximate surface area is 218 Å². The van der Waals surface area contributed by atoms with Crippen molar-refractivity contribution in [3.05, 3.63) is 108 Å². The molecular formula is C28H17F2N5O2S. The predicted octanol–water partition coefficient (Wildman–Crippen LogP) is 5.19. The zero-order chi connectivity index (χ0) is 26.2. The molecule has 3 aromatic heterocycles. The molecule has 10 heteroatoms. The third kappa shape index (κ3) is 4.27. The number of para-hydroxylation sites is 1. The van der Waals surface area contributed by atoms with Gasteiger partial charge in [0.05, 0.1) is 16.3 Å². The second-order valence-electron chi connectivity index (χ2n) is 8.31. The van der Waals surface area contributed by atoms with Gasteiger partial charge in [0, 0.05) is 40.6 Å². The highest BCUT2D eigenvalue weighted by Crippen LogP contribution is 2.42. The lowest BCUT2D eigenvalue weighted by Crippen LogP contribution is -2.30. The van der Waals surface area contributed by atoms with Gasteiger partial charge in [-0.3, -0.25) is 4.52 Å². The summed E-state index contributed by atoms with van der Waals surface area (Å²) >= 11 is 1.04. The summed E-state index contributed by atoms with van der Waals surface area (Å²) in [5.74, 6) is -2.13. The van der Waals surface area contributed by atoms with Crippen molar-refractivity contribution in [1.82, 2.24) is 10.3 Å². The molecule has 7 nitrogen and oxygen atoms in total. The van der Waals surface area contributed by atoms with Crippen LogP contribution in [-0.2, 0) is 0 Å². The van der Waals surface area contributed by atoms with Gasteiger partial charge in [-0.25, -0.2) is 18.8 Å². The summed E-state index contributed by atoms with van der Waals surface area (Å²) in [5, 5.41) is 17.5. The number of nitrogens with two attached hydrogens (primary N) is 1. The fourth-order valence-corrected chi connectivity index (χ4v) is 5.10. The number of halogens is 2. The SMILES string of the molecule is Nc1c(/C([O-])=N\c2c[n+](-c3ccccc3)no2)sc2nc(-c3ccccc3)cc(-c3ccc(F)cc3F)c12. The molecule has 0 spiro atoms. The van der Waals surface area contributed by atoms with E-state index < -0.39 is 17.5 Å². The van der Waals surface area contributed by atoms with Gasteiger partial charge in [0.25, 0.3) is 6.20 Å². The van der Waals surface area contributed by atoms with E-state index in [1.165, 1.54) is 23.0 Å². The van der Waals surface area contributed by atoms with Crippen molar-refractivity contribution in [3.63, 3.8) is 0 Å². The van der Waals surface area contributed by atoms with Gasteiger partial charge in [0.15, 0.2) is 0 Å². The number of hydrogen-bond acceptors (Lipinski definition) is 7. The molecule has 6 aromatic rings. The van der Waals surface area contributed by atoms with Crippen LogP contribution < -0.4 is 15.5 Å². The van der Waals surface area contributed by atoms with Gasteiger partial charge in [0.2, 0.25) is 11.0 Å². The molecule has 0 aliphatic heterocycles. The van der Waals surface area contributed by atoms with Gasteiger partial charge in [-0.1, -0.05) is 48.5 Å². The van der Waals surface area contributed by atoms with Gasteiger partial charge in [-0.05, 0) is 28.4 Å². The Balaban J connectivity index is 1.50. The maximum atomic E-state index is 14.9. The molecule has 0 bridgehead atoms. The van der Waals surface area contributed by atoms with E-state index in [1.807, 2.05) is 60.7 Å². The van der Waals surface area contributed by atoms with Crippen LogP contribution in [-0.4, -0.2) is 16.2 Å². The molecule has 0 unspecified atom stereocenters. The first-order chi connectivity index (χ1) is 18.5. The molecule has 186 valence electrons. The minimum absolute atomic E-state index is 0.0153. The van der Waals surface area contributed by atoms with Gasteiger partial charge >= 0.3 is 5.88 Å². The average molecular weight is 526 g/mol. The van der Waals surface area contributed by atoms with Crippen molar-refractivity contribution in [2.24, 2.45) is 4.99 Å². The van der Waals surface area contributed by atoms with Gasteiger partial charge < -0.3 is 10.8 Å². The van der Waals surface area contributed by atoms with E-state index in [-0.39, 0.29) is 22.0 Å². The summed E-state index contributed by atoms with van der Waals surface area (Å²) in [4.78, 5) is 9.27. The molecule has 0 fully saturated rings. The number of aromatic nitrogens is 3. The minimum atomic E-state index is -0.758. The fraction of sp³-hybridized carbons (Fsp3) is 0. The molecule has 0 aliphatic carbocycles. The maximum Gasteiger partial charge on any atom is 0.321 e. The highest BCUT2D eigenvalue weighted by molar-refractivity contribution is 7.21. The van der Waals surface area contributed by atoms with Gasteiger partial charge in [-0.15, -0.1) is 11.3 Å². The second-order valence-corrected chi connectivity index (χ2v) is 9.31. The highest BCUT2D eigenvalue weighted by Gasteiger charge is 2.21. The van der Waals surface area contributed by atoms with Crippen molar-refractivity contribution in [2.75, 3.05) is 5.73 Å². The highest BCUT2D eigenvalue weighted by atomic mass is 32.1. The number of nitrogen functional groups attached to an aromatic ring is 1. The second kappa shape index (κ2) is 9.49. The molecule has 3 heterocycles. The molecule has 6 rings (SSSR count). The minimum Gasteiger partial charge on any atom is -0.857 e. The molecule has 0 saturated heterocycles. The zero-order valence-electron chi connectivity index (χ0n) is 19.5. The molecule has 0 saturated carbocycles. The van der Waals surface area contributed by atoms with Crippen molar-refractivity contribution in [3.8, 4) is 28.1 Å². The summed E-state index contributed by atoms with van der Waals surface area (Å²) < 4.78 is 35.3. The summed E-state index contributed by atoms with van der Waals surface area (Å²) in [6.45, 7) is 0.